The molecule has 0 aliphatic carbocycles. The SMILES string of the molecule is Cc1cccc(C(C)NC(=O)c2ccc(C(=O)O)o2)c1C. The van der Waals surface area contributed by atoms with E-state index in [4.69, 9.17) is 9.52 Å². The predicted molar refractivity (Wildman–Crippen MR) is 77.5 cm³/mol. The molecule has 21 heavy (non-hydrogen) atoms. The van der Waals surface area contributed by atoms with Crippen molar-refractivity contribution in [2.45, 2.75) is 26.8 Å². The number of carboxylic acids is 1. The van der Waals surface area contributed by atoms with E-state index in [-0.39, 0.29) is 17.6 Å². The molecule has 5 nitrogen and oxygen atoms in total. The molecule has 1 unspecified atom stereocenters. The second-order valence-electron chi connectivity index (χ2n) is 4.95. The van der Waals surface area contributed by atoms with E-state index in [1.165, 1.54) is 12.1 Å². The maximum absolute atomic E-state index is 12.1. The third-order valence-corrected chi connectivity index (χ3v) is 3.50. The second kappa shape index (κ2) is 5.83. The molecule has 1 heterocycles. The van der Waals surface area contributed by atoms with Crippen LogP contribution >= 0.6 is 0 Å². The molecule has 0 saturated heterocycles. The molecule has 1 amide bonds. The molecule has 2 aromatic rings. The molecule has 2 N–H and O–H groups in total. The van der Waals surface area contributed by atoms with Gasteiger partial charge in [0.25, 0.3) is 5.91 Å². The Morgan fingerprint density at radius 2 is 1.81 bits per heavy atom. The summed E-state index contributed by atoms with van der Waals surface area (Å²) in [5.74, 6) is -1.89. The molecular weight excluding hydrogens is 270 g/mol. The van der Waals surface area contributed by atoms with Crippen LogP contribution in [0.5, 0.6) is 0 Å². The Bertz CT molecular complexity index is 687. The number of hydrogen-bond acceptors (Lipinski definition) is 3. The summed E-state index contributed by atoms with van der Waals surface area (Å²) in [5, 5.41) is 11.6. The van der Waals surface area contributed by atoms with Crippen LogP contribution in [0.1, 0.15) is 50.8 Å². The number of amides is 1. The number of rotatable bonds is 4. The van der Waals surface area contributed by atoms with Crippen molar-refractivity contribution in [1.82, 2.24) is 5.32 Å². The van der Waals surface area contributed by atoms with Gasteiger partial charge in [0, 0.05) is 0 Å². The van der Waals surface area contributed by atoms with Gasteiger partial charge >= 0.3 is 5.97 Å². The summed E-state index contributed by atoms with van der Waals surface area (Å²) in [4.78, 5) is 22.8. The van der Waals surface area contributed by atoms with Crippen molar-refractivity contribution in [2.24, 2.45) is 0 Å². The van der Waals surface area contributed by atoms with E-state index in [1.807, 2.05) is 39.0 Å². The number of aromatic carboxylic acids is 1. The zero-order chi connectivity index (χ0) is 15.6. The van der Waals surface area contributed by atoms with Crippen molar-refractivity contribution < 1.29 is 19.1 Å². The minimum absolute atomic E-state index is 0.00967. The summed E-state index contributed by atoms with van der Waals surface area (Å²) in [7, 11) is 0. The summed E-state index contributed by atoms with van der Waals surface area (Å²) in [5.41, 5.74) is 3.30. The van der Waals surface area contributed by atoms with Crippen LogP contribution < -0.4 is 5.32 Å². The van der Waals surface area contributed by atoms with Crippen molar-refractivity contribution in [1.29, 1.82) is 0 Å². The van der Waals surface area contributed by atoms with Gasteiger partial charge in [-0.15, -0.1) is 0 Å². The highest BCUT2D eigenvalue weighted by molar-refractivity contribution is 5.93. The topological polar surface area (TPSA) is 79.5 Å². The molecule has 0 radical (unpaired) electrons. The third-order valence-electron chi connectivity index (χ3n) is 3.50. The maximum Gasteiger partial charge on any atom is 0.371 e. The number of furan rings is 1. The van der Waals surface area contributed by atoms with Gasteiger partial charge < -0.3 is 14.8 Å². The Labute approximate surface area is 122 Å². The first-order valence-corrected chi connectivity index (χ1v) is 6.60. The van der Waals surface area contributed by atoms with Gasteiger partial charge in [0.15, 0.2) is 5.76 Å². The van der Waals surface area contributed by atoms with Crippen LogP contribution in [0.2, 0.25) is 0 Å². The van der Waals surface area contributed by atoms with Crippen LogP contribution in [-0.4, -0.2) is 17.0 Å². The van der Waals surface area contributed by atoms with Gasteiger partial charge in [0.2, 0.25) is 5.76 Å². The fraction of sp³-hybridized carbons (Fsp3) is 0.250. The standard InChI is InChI=1S/C16H17NO4/c1-9-5-4-6-12(10(9)2)11(3)17-15(18)13-7-8-14(21-13)16(19)20/h4-8,11H,1-3H3,(H,17,18)(H,19,20). The predicted octanol–water partition coefficient (Wildman–Crippen LogP) is 3.09. The zero-order valence-corrected chi connectivity index (χ0v) is 12.1. The van der Waals surface area contributed by atoms with Gasteiger partial charge in [0.05, 0.1) is 6.04 Å². The number of benzene rings is 1. The Morgan fingerprint density at radius 3 is 2.43 bits per heavy atom. The second-order valence-corrected chi connectivity index (χ2v) is 4.95. The van der Waals surface area contributed by atoms with E-state index in [2.05, 4.69) is 5.32 Å². The third kappa shape index (κ3) is 3.13. The van der Waals surface area contributed by atoms with Crippen molar-refractivity contribution in [3.63, 3.8) is 0 Å². The largest absolute Gasteiger partial charge is 0.475 e. The molecule has 1 aromatic heterocycles. The highest BCUT2D eigenvalue weighted by Crippen LogP contribution is 2.20. The molecule has 110 valence electrons. The Hall–Kier alpha value is -2.56. The molecule has 0 bridgehead atoms. The highest BCUT2D eigenvalue weighted by atomic mass is 16.4. The molecule has 0 fully saturated rings. The van der Waals surface area contributed by atoms with Crippen molar-refractivity contribution in [2.75, 3.05) is 0 Å². The van der Waals surface area contributed by atoms with E-state index >= 15 is 0 Å². The quantitative estimate of drug-likeness (QED) is 0.905. The number of nitrogens with one attached hydrogen (secondary N) is 1. The van der Waals surface area contributed by atoms with Crippen LogP contribution in [0.25, 0.3) is 0 Å². The molecule has 0 saturated carbocycles. The van der Waals surface area contributed by atoms with Crippen molar-refractivity contribution >= 4 is 11.9 Å². The fourth-order valence-electron chi connectivity index (χ4n) is 2.16. The monoisotopic (exact) mass is 287 g/mol. The molecule has 1 atom stereocenters. The van der Waals surface area contributed by atoms with Crippen molar-refractivity contribution in [3.05, 3.63) is 58.5 Å². The molecule has 0 aliphatic heterocycles. The van der Waals surface area contributed by atoms with Gasteiger partial charge in [-0.25, -0.2) is 4.79 Å². The molecule has 1 aromatic carbocycles. The number of carboxylic acid groups (broad SMARTS) is 1. The molecule has 5 heteroatoms. The zero-order valence-electron chi connectivity index (χ0n) is 12.1. The smallest absolute Gasteiger partial charge is 0.371 e. The summed E-state index contributed by atoms with van der Waals surface area (Å²) in [6.45, 7) is 5.89. The van der Waals surface area contributed by atoms with Crippen LogP contribution in [0, 0.1) is 13.8 Å². The van der Waals surface area contributed by atoms with Gasteiger partial charge in [-0.2, -0.15) is 0 Å². The molecule has 0 spiro atoms. The summed E-state index contributed by atoms with van der Waals surface area (Å²) in [6, 6.07) is 8.33. The van der Waals surface area contributed by atoms with Gasteiger partial charge in [-0.1, -0.05) is 18.2 Å². The summed E-state index contributed by atoms with van der Waals surface area (Å²) in [6.07, 6.45) is 0. The minimum atomic E-state index is -1.20. The fourth-order valence-corrected chi connectivity index (χ4v) is 2.16. The number of aryl methyl sites for hydroxylation is 1. The van der Waals surface area contributed by atoms with Gasteiger partial charge in [-0.05, 0) is 49.6 Å². The first kappa shape index (κ1) is 14.8. The molecular formula is C16H17NO4. The van der Waals surface area contributed by atoms with E-state index in [0.717, 1.165) is 16.7 Å². The minimum Gasteiger partial charge on any atom is -0.475 e. The molecule has 0 aliphatic rings. The Balaban J connectivity index is 2.14. The lowest BCUT2D eigenvalue weighted by molar-refractivity contribution is 0.0659. The lowest BCUT2D eigenvalue weighted by Crippen LogP contribution is -2.26. The van der Waals surface area contributed by atoms with E-state index in [9.17, 15) is 9.59 Å². The van der Waals surface area contributed by atoms with Gasteiger partial charge in [0.1, 0.15) is 0 Å². The normalized spacial score (nSPS) is 12.0. The van der Waals surface area contributed by atoms with Crippen molar-refractivity contribution in [3.8, 4) is 0 Å². The van der Waals surface area contributed by atoms with E-state index < -0.39 is 11.9 Å². The number of hydrogen-bond donors (Lipinski definition) is 2. The van der Waals surface area contributed by atoms with E-state index in [1.54, 1.807) is 0 Å². The first-order chi connectivity index (χ1) is 9.90. The lowest BCUT2D eigenvalue weighted by atomic mass is 9.98. The highest BCUT2D eigenvalue weighted by Gasteiger charge is 2.18. The van der Waals surface area contributed by atoms with Crippen LogP contribution in [0.3, 0.4) is 0 Å². The number of carbonyl (C=O) groups excluding carboxylic acids is 1. The summed E-state index contributed by atoms with van der Waals surface area (Å²) >= 11 is 0. The number of carbonyl (C=O) groups is 2. The maximum atomic E-state index is 12.1. The van der Waals surface area contributed by atoms with Crippen LogP contribution in [-0.2, 0) is 0 Å². The van der Waals surface area contributed by atoms with Gasteiger partial charge in [-0.3, -0.25) is 4.79 Å². The molecule has 2 rings (SSSR count). The van der Waals surface area contributed by atoms with Crippen LogP contribution in [0.15, 0.2) is 34.7 Å². The van der Waals surface area contributed by atoms with Crippen LogP contribution in [0.4, 0.5) is 0 Å². The lowest BCUT2D eigenvalue weighted by Gasteiger charge is -2.17. The van der Waals surface area contributed by atoms with E-state index in [0.29, 0.717) is 0 Å². The average Bonchev–Trinajstić information content (AvgIpc) is 2.91. The Morgan fingerprint density at radius 1 is 1.14 bits per heavy atom. The average molecular weight is 287 g/mol. The summed E-state index contributed by atoms with van der Waals surface area (Å²) < 4.78 is 4.99. The Kier molecular flexibility index (Phi) is 4.12. The first-order valence-electron chi connectivity index (χ1n) is 6.60.